The molecule has 2 aromatic carbocycles. The van der Waals surface area contributed by atoms with Crippen LogP contribution in [-0.2, 0) is 0 Å². The van der Waals surface area contributed by atoms with Gasteiger partial charge in [0.2, 0.25) is 0 Å². The highest BCUT2D eigenvalue weighted by molar-refractivity contribution is 14.1. The Morgan fingerprint density at radius 2 is 2.00 bits per heavy atom. The predicted octanol–water partition coefficient (Wildman–Crippen LogP) is 4.04. The lowest BCUT2D eigenvalue weighted by Gasteiger charge is -2.35. The molecule has 1 amide bonds. The van der Waals surface area contributed by atoms with Crippen molar-refractivity contribution in [1.82, 2.24) is 9.99 Å². The maximum absolute atomic E-state index is 13.8. The molecular formula is C22H21FIN3O2. The van der Waals surface area contributed by atoms with Gasteiger partial charge in [0.1, 0.15) is 5.82 Å². The monoisotopic (exact) mass is 505 g/mol. The zero-order valence-electron chi connectivity index (χ0n) is 15.9. The molecule has 1 aliphatic carbocycles. The fourth-order valence-electron chi connectivity index (χ4n) is 3.98. The Kier molecular flexibility index (Phi) is 5.33. The van der Waals surface area contributed by atoms with Crippen LogP contribution in [0.2, 0.25) is 0 Å². The maximum atomic E-state index is 13.8. The molecule has 0 radical (unpaired) electrons. The number of nitrogens with zero attached hydrogens (tertiary/aromatic N) is 1. The molecule has 1 aromatic heterocycles. The average molecular weight is 505 g/mol. The summed E-state index contributed by atoms with van der Waals surface area (Å²) in [5, 5.41) is 4.10. The van der Waals surface area contributed by atoms with Crippen LogP contribution in [0.3, 0.4) is 0 Å². The van der Waals surface area contributed by atoms with E-state index in [9.17, 15) is 14.0 Å². The second-order valence-electron chi connectivity index (χ2n) is 7.50. The molecule has 1 fully saturated rings. The van der Waals surface area contributed by atoms with Crippen LogP contribution in [0.1, 0.15) is 46.9 Å². The van der Waals surface area contributed by atoms with Crippen molar-refractivity contribution in [2.45, 2.75) is 32.2 Å². The van der Waals surface area contributed by atoms with Crippen LogP contribution in [0.25, 0.3) is 10.8 Å². The molecule has 1 heterocycles. The van der Waals surface area contributed by atoms with E-state index in [0.717, 1.165) is 33.1 Å². The summed E-state index contributed by atoms with van der Waals surface area (Å²) >= 11 is 2.07. The summed E-state index contributed by atoms with van der Waals surface area (Å²) in [4.78, 5) is 26.0. The molecule has 3 N–H and O–H groups in total. The van der Waals surface area contributed by atoms with Gasteiger partial charge in [-0.1, -0.05) is 30.7 Å². The molecule has 5 nitrogen and oxygen atoms in total. The highest BCUT2D eigenvalue weighted by Gasteiger charge is 2.31. The summed E-state index contributed by atoms with van der Waals surface area (Å²) in [6.45, 7) is 1.66. The molecule has 0 unspecified atom stereocenters. The molecule has 1 atom stereocenters. The van der Waals surface area contributed by atoms with Crippen molar-refractivity contribution in [3.05, 3.63) is 79.0 Å². The molecule has 150 valence electrons. The summed E-state index contributed by atoms with van der Waals surface area (Å²) in [6.07, 6.45) is 3.06. The van der Waals surface area contributed by atoms with Gasteiger partial charge < -0.3 is 11.2 Å². The molecule has 7 heteroatoms. The molecule has 1 aliphatic rings. The number of pyridine rings is 1. The first-order valence-corrected chi connectivity index (χ1v) is 10.6. The van der Waals surface area contributed by atoms with Crippen LogP contribution in [-0.4, -0.2) is 10.6 Å². The van der Waals surface area contributed by atoms with Crippen LogP contribution in [0.15, 0.2) is 47.3 Å². The van der Waals surface area contributed by atoms with Crippen LogP contribution in [0.5, 0.6) is 0 Å². The van der Waals surface area contributed by atoms with Gasteiger partial charge in [-0.15, -0.1) is 0 Å². The first-order chi connectivity index (χ1) is 13.9. The first-order valence-electron chi connectivity index (χ1n) is 9.53. The predicted molar refractivity (Wildman–Crippen MR) is 120 cm³/mol. The number of benzene rings is 2. The largest absolute Gasteiger partial charge is 0.345 e. The van der Waals surface area contributed by atoms with Crippen molar-refractivity contribution in [2.75, 3.05) is 5.84 Å². The molecule has 0 saturated heterocycles. The number of amides is 1. The van der Waals surface area contributed by atoms with E-state index in [4.69, 9.17) is 5.84 Å². The second-order valence-corrected chi connectivity index (χ2v) is 8.66. The van der Waals surface area contributed by atoms with Gasteiger partial charge in [0.05, 0.1) is 22.7 Å². The van der Waals surface area contributed by atoms with Gasteiger partial charge in [0, 0.05) is 8.96 Å². The van der Waals surface area contributed by atoms with E-state index in [1.165, 1.54) is 12.1 Å². The molecule has 3 aromatic rings. The van der Waals surface area contributed by atoms with E-state index >= 15 is 0 Å². The quantitative estimate of drug-likeness (QED) is 0.415. The number of hydrogen-bond donors (Lipinski definition) is 2. The van der Waals surface area contributed by atoms with Crippen molar-refractivity contribution in [2.24, 2.45) is 5.92 Å². The number of hydrogen-bond acceptors (Lipinski definition) is 3. The van der Waals surface area contributed by atoms with Gasteiger partial charge in [0.25, 0.3) is 11.5 Å². The third-order valence-electron chi connectivity index (χ3n) is 5.78. The van der Waals surface area contributed by atoms with Crippen molar-refractivity contribution < 1.29 is 9.18 Å². The van der Waals surface area contributed by atoms with E-state index < -0.39 is 0 Å². The SMILES string of the molecule is Cc1c(C(=O)N[C@H](c2cccc(F)c2)C2CCC2)c2cccc(I)c2c(=O)n1N. The summed E-state index contributed by atoms with van der Waals surface area (Å²) in [6, 6.07) is 11.5. The lowest BCUT2D eigenvalue weighted by molar-refractivity contribution is 0.0901. The second kappa shape index (κ2) is 7.78. The molecule has 1 saturated carbocycles. The summed E-state index contributed by atoms with van der Waals surface area (Å²) in [5.41, 5.74) is 1.19. The average Bonchev–Trinajstić information content (AvgIpc) is 2.64. The Morgan fingerprint density at radius 1 is 1.28 bits per heavy atom. The number of nitrogen functional groups attached to an aromatic ring is 1. The summed E-state index contributed by atoms with van der Waals surface area (Å²) in [7, 11) is 0. The Hall–Kier alpha value is -2.42. The van der Waals surface area contributed by atoms with Gasteiger partial charge in [-0.05, 0) is 72.0 Å². The molecule has 0 aliphatic heterocycles. The minimum absolute atomic E-state index is 0.260. The lowest BCUT2D eigenvalue weighted by Crippen LogP contribution is -2.39. The van der Waals surface area contributed by atoms with E-state index in [2.05, 4.69) is 27.9 Å². The van der Waals surface area contributed by atoms with Crippen molar-refractivity contribution in [3.63, 3.8) is 0 Å². The van der Waals surface area contributed by atoms with E-state index in [1.54, 1.807) is 19.1 Å². The third kappa shape index (κ3) is 3.52. The van der Waals surface area contributed by atoms with Crippen molar-refractivity contribution in [3.8, 4) is 0 Å². The molecule has 29 heavy (non-hydrogen) atoms. The Balaban J connectivity index is 1.81. The molecule has 0 spiro atoms. The lowest BCUT2D eigenvalue weighted by atomic mass is 9.77. The summed E-state index contributed by atoms with van der Waals surface area (Å²) in [5.74, 6) is 5.61. The Bertz CT molecular complexity index is 1170. The van der Waals surface area contributed by atoms with Crippen molar-refractivity contribution in [1.29, 1.82) is 0 Å². The summed E-state index contributed by atoms with van der Waals surface area (Å²) < 4.78 is 15.6. The first kappa shape index (κ1) is 19.9. The number of halogens is 2. The highest BCUT2D eigenvalue weighted by atomic mass is 127. The van der Waals surface area contributed by atoms with Crippen LogP contribution >= 0.6 is 22.6 Å². The van der Waals surface area contributed by atoms with Gasteiger partial charge in [-0.3, -0.25) is 9.59 Å². The standard InChI is InChI=1S/C22H21FIN3O2/c1-12-18(16-9-4-10-17(24)19(16)22(29)27(12)25)21(28)26-20(13-5-2-6-13)14-7-3-8-15(23)11-14/h3-4,7-11,13,20H,2,5-6,25H2,1H3,(H,26,28)/t20-/m0/s1. The van der Waals surface area contributed by atoms with Gasteiger partial charge in [-0.25, -0.2) is 9.07 Å². The number of rotatable bonds is 4. The minimum atomic E-state index is -0.334. The van der Waals surface area contributed by atoms with Crippen LogP contribution in [0.4, 0.5) is 4.39 Å². The maximum Gasteiger partial charge on any atom is 0.277 e. The normalized spacial score (nSPS) is 15.1. The van der Waals surface area contributed by atoms with Gasteiger partial charge >= 0.3 is 0 Å². The van der Waals surface area contributed by atoms with Crippen LogP contribution < -0.4 is 16.7 Å². The number of fused-ring (bicyclic) bond motifs is 1. The van der Waals surface area contributed by atoms with Crippen molar-refractivity contribution >= 4 is 39.3 Å². The fraction of sp³-hybridized carbons (Fsp3) is 0.273. The zero-order chi connectivity index (χ0) is 20.7. The third-order valence-corrected chi connectivity index (χ3v) is 6.68. The van der Waals surface area contributed by atoms with Crippen LogP contribution in [0, 0.1) is 22.2 Å². The van der Waals surface area contributed by atoms with Gasteiger partial charge in [-0.2, -0.15) is 0 Å². The van der Waals surface area contributed by atoms with E-state index in [-0.39, 0.29) is 29.2 Å². The fourth-order valence-corrected chi connectivity index (χ4v) is 4.71. The topological polar surface area (TPSA) is 77.1 Å². The Morgan fingerprint density at radius 3 is 2.66 bits per heavy atom. The minimum Gasteiger partial charge on any atom is -0.345 e. The highest BCUT2D eigenvalue weighted by Crippen LogP contribution is 2.38. The molecule has 4 rings (SSSR count). The Labute approximate surface area is 181 Å². The number of nitrogens with two attached hydrogens (primary N) is 1. The number of nitrogens with one attached hydrogen (secondary N) is 1. The zero-order valence-corrected chi connectivity index (χ0v) is 18.1. The number of carbonyl (C=O) groups excluding carboxylic acids is 1. The smallest absolute Gasteiger partial charge is 0.277 e. The van der Waals surface area contributed by atoms with E-state index in [0.29, 0.717) is 22.0 Å². The number of carbonyl (C=O) groups is 1. The van der Waals surface area contributed by atoms with Gasteiger partial charge in [0.15, 0.2) is 0 Å². The molecular weight excluding hydrogens is 484 g/mol. The number of aromatic nitrogens is 1. The molecule has 0 bridgehead atoms. The van der Waals surface area contributed by atoms with E-state index in [1.807, 2.05) is 18.2 Å².